The van der Waals surface area contributed by atoms with E-state index in [0.717, 1.165) is 25.2 Å². The number of benzene rings is 1. The van der Waals surface area contributed by atoms with Gasteiger partial charge in [-0.05, 0) is 48.7 Å². The lowest BCUT2D eigenvalue weighted by molar-refractivity contribution is 0.102. The van der Waals surface area contributed by atoms with Crippen LogP contribution in [0, 0.1) is 0 Å². The van der Waals surface area contributed by atoms with Gasteiger partial charge in [0.15, 0.2) is 0 Å². The Bertz CT molecular complexity index is 895. The second kappa shape index (κ2) is 6.73. The third-order valence-corrected chi connectivity index (χ3v) is 4.31. The second-order valence-electron chi connectivity index (χ2n) is 5.98. The topological polar surface area (TPSA) is 58.1 Å². The predicted octanol–water partition coefficient (Wildman–Crippen LogP) is 3.81. The summed E-state index contributed by atoms with van der Waals surface area (Å²) in [5.41, 5.74) is 3.75. The number of anilines is 3. The maximum atomic E-state index is 12.5. The van der Waals surface area contributed by atoms with Crippen LogP contribution in [0.5, 0.6) is 0 Å². The zero-order chi connectivity index (χ0) is 17.1. The van der Waals surface area contributed by atoms with E-state index in [4.69, 9.17) is 0 Å². The van der Waals surface area contributed by atoms with Gasteiger partial charge in [-0.25, -0.2) is 4.98 Å². The van der Waals surface area contributed by atoms with Crippen LogP contribution in [0.4, 0.5) is 17.2 Å². The summed E-state index contributed by atoms with van der Waals surface area (Å²) < 4.78 is 0. The van der Waals surface area contributed by atoms with Gasteiger partial charge in [0.2, 0.25) is 0 Å². The fourth-order valence-corrected chi connectivity index (χ4v) is 3.12. The first-order valence-corrected chi connectivity index (χ1v) is 8.34. The SMILES string of the molecule is O=C(Nc1cccnc1)c1ccnc(N2CCCc3ccccc32)c1. The lowest BCUT2D eigenvalue weighted by Gasteiger charge is -2.30. The van der Waals surface area contributed by atoms with Gasteiger partial charge in [0.1, 0.15) is 5.82 Å². The summed E-state index contributed by atoms with van der Waals surface area (Å²) in [6, 6.07) is 15.5. The molecule has 5 nitrogen and oxygen atoms in total. The molecule has 0 saturated heterocycles. The molecule has 124 valence electrons. The van der Waals surface area contributed by atoms with Crippen LogP contribution in [0.1, 0.15) is 22.3 Å². The average molecular weight is 330 g/mol. The maximum absolute atomic E-state index is 12.5. The molecule has 3 aromatic rings. The molecule has 2 aromatic heterocycles. The number of aryl methyl sites for hydroxylation is 1. The van der Waals surface area contributed by atoms with Crippen molar-refractivity contribution in [2.75, 3.05) is 16.8 Å². The van der Waals surface area contributed by atoms with Gasteiger partial charge in [-0.1, -0.05) is 18.2 Å². The summed E-state index contributed by atoms with van der Waals surface area (Å²) in [6.07, 6.45) is 7.14. The monoisotopic (exact) mass is 330 g/mol. The summed E-state index contributed by atoms with van der Waals surface area (Å²) in [7, 11) is 0. The van der Waals surface area contributed by atoms with E-state index in [2.05, 4.69) is 38.4 Å². The molecular weight excluding hydrogens is 312 g/mol. The number of fused-ring (bicyclic) bond motifs is 1. The highest BCUT2D eigenvalue weighted by Crippen LogP contribution is 2.32. The van der Waals surface area contributed by atoms with Crippen LogP contribution in [0.2, 0.25) is 0 Å². The lowest BCUT2D eigenvalue weighted by Crippen LogP contribution is -2.25. The van der Waals surface area contributed by atoms with Gasteiger partial charge in [0.05, 0.1) is 11.9 Å². The number of nitrogens with one attached hydrogen (secondary N) is 1. The maximum Gasteiger partial charge on any atom is 0.255 e. The zero-order valence-corrected chi connectivity index (χ0v) is 13.7. The molecule has 0 bridgehead atoms. The predicted molar refractivity (Wildman–Crippen MR) is 98.2 cm³/mol. The molecule has 1 amide bonds. The Morgan fingerprint density at radius 2 is 2.00 bits per heavy atom. The van der Waals surface area contributed by atoms with Crippen LogP contribution in [-0.4, -0.2) is 22.4 Å². The van der Waals surface area contributed by atoms with Crippen molar-refractivity contribution >= 4 is 23.1 Å². The summed E-state index contributed by atoms with van der Waals surface area (Å²) in [5.74, 6) is 0.632. The number of nitrogens with zero attached hydrogens (tertiary/aromatic N) is 3. The molecule has 0 saturated carbocycles. The first-order valence-electron chi connectivity index (χ1n) is 8.34. The van der Waals surface area contributed by atoms with Crippen LogP contribution in [-0.2, 0) is 6.42 Å². The van der Waals surface area contributed by atoms with Gasteiger partial charge >= 0.3 is 0 Å². The highest BCUT2D eigenvalue weighted by molar-refractivity contribution is 6.04. The highest BCUT2D eigenvalue weighted by Gasteiger charge is 2.19. The molecule has 0 radical (unpaired) electrons. The second-order valence-corrected chi connectivity index (χ2v) is 5.98. The molecule has 1 aromatic carbocycles. The lowest BCUT2D eigenvalue weighted by atomic mass is 10.0. The molecule has 1 aliphatic heterocycles. The van der Waals surface area contributed by atoms with E-state index in [1.54, 1.807) is 30.7 Å². The summed E-state index contributed by atoms with van der Waals surface area (Å²) >= 11 is 0. The summed E-state index contributed by atoms with van der Waals surface area (Å²) in [6.45, 7) is 0.900. The van der Waals surface area contributed by atoms with Crippen molar-refractivity contribution in [3.05, 3.63) is 78.2 Å². The largest absolute Gasteiger partial charge is 0.326 e. The highest BCUT2D eigenvalue weighted by atomic mass is 16.1. The van der Waals surface area contributed by atoms with Gasteiger partial charge in [-0.2, -0.15) is 0 Å². The van der Waals surface area contributed by atoms with Crippen molar-refractivity contribution in [1.82, 2.24) is 9.97 Å². The number of aromatic nitrogens is 2. The third kappa shape index (κ3) is 3.21. The minimum absolute atomic E-state index is 0.165. The van der Waals surface area contributed by atoms with Crippen molar-refractivity contribution < 1.29 is 4.79 Å². The summed E-state index contributed by atoms with van der Waals surface area (Å²) in [5, 5.41) is 2.86. The molecule has 0 spiro atoms. The Morgan fingerprint density at radius 3 is 2.88 bits per heavy atom. The fourth-order valence-electron chi connectivity index (χ4n) is 3.12. The van der Waals surface area contributed by atoms with E-state index < -0.39 is 0 Å². The quantitative estimate of drug-likeness (QED) is 0.793. The van der Waals surface area contributed by atoms with E-state index in [-0.39, 0.29) is 5.91 Å². The van der Waals surface area contributed by atoms with E-state index in [1.165, 1.54) is 11.3 Å². The zero-order valence-electron chi connectivity index (χ0n) is 13.7. The number of carbonyl (C=O) groups excluding carboxylic acids is 1. The van der Waals surface area contributed by atoms with E-state index in [0.29, 0.717) is 11.3 Å². The number of rotatable bonds is 3. The van der Waals surface area contributed by atoms with Gasteiger partial charge < -0.3 is 10.2 Å². The van der Waals surface area contributed by atoms with Crippen LogP contribution in [0.25, 0.3) is 0 Å². The Morgan fingerprint density at radius 1 is 1.08 bits per heavy atom. The Hall–Kier alpha value is -3.21. The van der Waals surface area contributed by atoms with E-state index >= 15 is 0 Å². The molecule has 4 rings (SSSR count). The number of pyridine rings is 2. The Kier molecular flexibility index (Phi) is 4.12. The van der Waals surface area contributed by atoms with Crippen LogP contribution in [0.3, 0.4) is 0 Å². The van der Waals surface area contributed by atoms with Crippen molar-refractivity contribution in [3.63, 3.8) is 0 Å². The van der Waals surface area contributed by atoms with Crippen LogP contribution >= 0.6 is 0 Å². The molecule has 0 atom stereocenters. The van der Waals surface area contributed by atoms with Crippen molar-refractivity contribution in [2.24, 2.45) is 0 Å². The van der Waals surface area contributed by atoms with Gasteiger partial charge in [0.25, 0.3) is 5.91 Å². The molecule has 0 aliphatic carbocycles. The van der Waals surface area contributed by atoms with Crippen molar-refractivity contribution in [3.8, 4) is 0 Å². The van der Waals surface area contributed by atoms with Crippen molar-refractivity contribution in [1.29, 1.82) is 0 Å². The number of carbonyl (C=O) groups is 1. The number of hydrogen-bond acceptors (Lipinski definition) is 4. The van der Waals surface area contributed by atoms with E-state index in [9.17, 15) is 4.79 Å². The van der Waals surface area contributed by atoms with Crippen LogP contribution < -0.4 is 10.2 Å². The van der Waals surface area contributed by atoms with E-state index in [1.807, 2.05) is 18.2 Å². The minimum Gasteiger partial charge on any atom is -0.326 e. The average Bonchev–Trinajstić information content (AvgIpc) is 2.68. The molecule has 1 aliphatic rings. The molecule has 1 N–H and O–H groups in total. The normalized spacial score (nSPS) is 13.2. The summed E-state index contributed by atoms with van der Waals surface area (Å²) in [4.78, 5) is 23.2. The first kappa shape index (κ1) is 15.3. The molecule has 25 heavy (non-hydrogen) atoms. The van der Waals surface area contributed by atoms with Gasteiger partial charge in [0, 0.05) is 30.2 Å². The molecule has 0 unspecified atom stereocenters. The van der Waals surface area contributed by atoms with Crippen molar-refractivity contribution in [2.45, 2.75) is 12.8 Å². The number of para-hydroxylation sites is 1. The Balaban J connectivity index is 1.61. The fraction of sp³-hybridized carbons (Fsp3) is 0.150. The minimum atomic E-state index is -0.165. The van der Waals surface area contributed by atoms with Crippen LogP contribution in [0.15, 0.2) is 67.1 Å². The number of amides is 1. The molecule has 3 heterocycles. The van der Waals surface area contributed by atoms with Gasteiger partial charge in [-0.3, -0.25) is 9.78 Å². The first-order chi connectivity index (χ1) is 12.3. The molecular formula is C20H18N4O. The molecule has 0 fully saturated rings. The smallest absolute Gasteiger partial charge is 0.255 e. The molecule has 5 heteroatoms. The van der Waals surface area contributed by atoms with Gasteiger partial charge in [-0.15, -0.1) is 0 Å². The Labute approximate surface area is 146 Å². The third-order valence-electron chi connectivity index (χ3n) is 4.31. The standard InChI is InChI=1S/C20H18N4O/c25-20(23-17-7-3-10-21-14-17)16-9-11-22-19(13-16)24-12-4-6-15-5-1-2-8-18(15)24/h1-3,5,7-11,13-14H,4,6,12H2,(H,23,25). The number of hydrogen-bond donors (Lipinski definition) is 1.